The fourth-order valence-corrected chi connectivity index (χ4v) is 3.50. The van der Waals surface area contributed by atoms with Gasteiger partial charge in [-0.15, -0.1) is 0 Å². The zero-order chi connectivity index (χ0) is 17.1. The number of likely N-dealkylation sites (tertiary alicyclic amines) is 1. The molecule has 6 heteroatoms. The second kappa shape index (κ2) is 7.21. The van der Waals surface area contributed by atoms with Crippen molar-refractivity contribution in [3.05, 3.63) is 29.8 Å². The summed E-state index contributed by atoms with van der Waals surface area (Å²) in [5, 5.41) is 0. The minimum Gasteiger partial charge on any atom is -0.467 e. The molecule has 2 aliphatic heterocycles. The minimum atomic E-state index is -0.476. The van der Waals surface area contributed by atoms with Gasteiger partial charge >= 0.3 is 5.97 Å². The number of esters is 1. The van der Waals surface area contributed by atoms with Gasteiger partial charge in [0.25, 0.3) is 0 Å². The molecule has 2 saturated heterocycles. The highest BCUT2D eigenvalue weighted by atomic mass is 16.5. The van der Waals surface area contributed by atoms with Crippen LogP contribution in [0.2, 0.25) is 0 Å². The van der Waals surface area contributed by atoms with Crippen molar-refractivity contribution in [2.75, 3.05) is 38.3 Å². The third-order valence-electron chi connectivity index (χ3n) is 4.90. The van der Waals surface area contributed by atoms with Gasteiger partial charge in [0.15, 0.2) is 0 Å². The van der Waals surface area contributed by atoms with E-state index in [1.807, 2.05) is 19.1 Å². The molecule has 2 fully saturated rings. The van der Waals surface area contributed by atoms with Gasteiger partial charge in [-0.1, -0.05) is 12.1 Å². The van der Waals surface area contributed by atoms with Crippen molar-refractivity contribution in [3.63, 3.8) is 0 Å². The number of anilines is 1. The lowest BCUT2D eigenvalue weighted by Crippen LogP contribution is -2.41. The van der Waals surface area contributed by atoms with Crippen molar-refractivity contribution in [1.82, 2.24) is 4.90 Å². The van der Waals surface area contributed by atoms with E-state index >= 15 is 0 Å². The van der Waals surface area contributed by atoms with Gasteiger partial charge in [-0.3, -0.25) is 4.79 Å². The molecule has 2 unspecified atom stereocenters. The summed E-state index contributed by atoms with van der Waals surface area (Å²) in [6.07, 6.45) is 0.928. The van der Waals surface area contributed by atoms with Crippen LogP contribution >= 0.6 is 0 Å². The molecule has 0 radical (unpaired) electrons. The number of carbonyl (C=O) groups excluding carboxylic acids is 2. The number of carbonyl (C=O) groups is 2. The molecule has 2 atom stereocenters. The zero-order valence-corrected chi connectivity index (χ0v) is 14.2. The summed E-state index contributed by atoms with van der Waals surface area (Å²) in [4.78, 5) is 28.1. The number of rotatable bonds is 4. The number of amides is 1. The van der Waals surface area contributed by atoms with Crippen molar-refractivity contribution < 1.29 is 19.1 Å². The fraction of sp³-hybridized carbons (Fsp3) is 0.556. The lowest BCUT2D eigenvalue weighted by molar-refractivity contribution is -0.150. The van der Waals surface area contributed by atoms with E-state index < -0.39 is 6.04 Å². The smallest absolute Gasteiger partial charge is 0.328 e. The Balaban J connectivity index is 1.75. The molecule has 0 spiro atoms. The van der Waals surface area contributed by atoms with Gasteiger partial charge in [-0.2, -0.15) is 0 Å². The van der Waals surface area contributed by atoms with Crippen molar-refractivity contribution in [3.8, 4) is 0 Å². The van der Waals surface area contributed by atoms with Crippen molar-refractivity contribution >= 4 is 17.6 Å². The second-order valence-electron chi connectivity index (χ2n) is 6.25. The van der Waals surface area contributed by atoms with E-state index in [0.717, 1.165) is 37.6 Å². The highest BCUT2D eigenvalue weighted by Crippen LogP contribution is 2.31. The number of benzene rings is 1. The van der Waals surface area contributed by atoms with Crippen LogP contribution in [0.4, 0.5) is 5.69 Å². The molecule has 2 heterocycles. The van der Waals surface area contributed by atoms with Gasteiger partial charge in [0.1, 0.15) is 6.04 Å². The van der Waals surface area contributed by atoms with E-state index in [1.54, 1.807) is 4.90 Å². The van der Waals surface area contributed by atoms with Crippen molar-refractivity contribution in [1.29, 1.82) is 0 Å². The van der Waals surface area contributed by atoms with E-state index in [0.29, 0.717) is 12.8 Å². The van der Waals surface area contributed by atoms with Crippen LogP contribution in [-0.4, -0.2) is 56.2 Å². The van der Waals surface area contributed by atoms with Crippen LogP contribution in [0.5, 0.6) is 0 Å². The van der Waals surface area contributed by atoms with Crippen LogP contribution in [0.3, 0.4) is 0 Å². The SMILES string of the molecule is COC(=O)C1CCC(=O)N1C(C)c1ccc(N2CCOCC2)cc1. The largest absolute Gasteiger partial charge is 0.467 e. The zero-order valence-electron chi connectivity index (χ0n) is 14.2. The quantitative estimate of drug-likeness (QED) is 0.786. The van der Waals surface area contributed by atoms with Crippen LogP contribution in [0.15, 0.2) is 24.3 Å². The number of ether oxygens (including phenoxy) is 2. The van der Waals surface area contributed by atoms with Crippen LogP contribution in [0.1, 0.15) is 31.4 Å². The van der Waals surface area contributed by atoms with E-state index in [2.05, 4.69) is 17.0 Å². The minimum absolute atomic E-state index is 0.00940. The van der Waals surface area contributed by atoms with E-state index in [4.69, 9.17) is 9.47 Å². The monoisotopic (exact) mass is 332 g/mol. The van der Waals surface area contributed by atoms with Crippen LogP contribution < -0.4 is 4.90 Å². The Morgan fingerprint density at radius 2 is 1.92 bits per heavy atom. The molecule has 0 saturated carbocycles. The van der Waals surface area contributed by atoms with E-state index in [9.17, 15) is 9.59 Å². The van der Waals surface area contributed by atoms with Crippen LogP contribution in [0, 0.1) is 0 Å². The lowest BCUT2D eigenvalue weighted by Gasteiger charge is -2.31. The van der Waals surface area contributed by atoms with Crippen LogP contribution in [-0.2, 0) is 19.1 Å². The summed E-state index contributed by atoms with van der Waals surface area (Å²) in [6.45, 7) is 5.25. The highest BCUT2D eigenvalue weighted by Gasteiger charge is 2.39. The molecule has 3 rings (SSSR count). The first-order valence-corrected chi connectivity index (χ1v) is 8.43. The number of morpholine rings is 1. The van der Waals surface area contributed by atoms with Crippen LogP contribution in [0.25, 0.3) is 0 Å². The average Bonchev–Trinajstić information content (AvgIpc) is 3.03. The maximum Gasteiger partial charge on any atom is 0.328 e. The molecule has 0 N–H and O–H groups in total. The van der Waals surface area contributed by atoms with Gasteiger partial charge < -0.3 is 19.3 Å². The second-order valence-corrected chi connectivity index (χ2v) is 6.25. The standard InChI is InChI=1S/C18H24N2O4/c1-13(20-16(18(22)23-2)7-8-17(20)21)14-3-5-15(6-4-14)19-9-11-24-12-10-19/h3-6,13,16H,7-12H2,1-2H3. The van der Waals surface area contributed by atoms with Gasteiger partial charge in [0.2, 0.25) is 5.91 Å². The third-order valence-corrected chi connectivity index (χ3v) is 4.90. The maximum atomic E-state index is 12.2. The summed E-state index contributed by atoms with van der Waals surface area (Å²) in [5.41, 5.74) is 2.18. The first kappa shape index (κ1) is 16.8. The molecular formula is C18H24N2O4. The number of nitrogens with zero attached hydrogens (tertiary/aromatic N) is 2. The summed E-state index contributed by atoms with van der Waals surface area (Å²) in [7, 11) is 1.37. The average molecular weight is 332 g/mol. The summed E-state index contributed by atoms with van der Waals surface area (Å²) in [6, 6.07) is 7.60. The Labute approximate surface area is 142 Å². The third kappa shape index (κ3) is 3.24. The Kier molecular flexibility index (Phi) is 5.04. The molecule has 1 aromatic carbocycles. The molecular weight excluding hydrogens is 308 g/mol. The normalized spacial score (nSPS) is 22.6. The Bertz CT molecular complexity index is 596. The predicted molar refractivity (Wildman–Crippen MR) is 89.8 cm³/mol. The molecule has 130 valence electrons. The maximum absolute atomic E-state index is 12.2. The fourth-order valence-electron chi connectivity index (χ4n) is 3.50. The summed E-state index contributed by atoms with van der Waals surface area (Å²) in [5.74, 6) is -0.326. The number of hydrogen-bond acceptors (Lipinski definition) is 5. The van der Waals surface area contributed by atoms with E-state index in [1.165, 1.54) is 7.11 Å². The highest BCUT2D eigenvalue weighted by molar-refractivity contribution is 5.88. The van der Waals surface area contributed by atoms with Crippen molar-refractivity contribution in [2.24, 2.45) is 0 Å². The Hall–Kier alpha value is -2.08. The summed E-state index contributed by atoms with van der Waals surface area (Å²) >= 11 is 0. The molecule has 2 aliphatic rings. The van der Waals surface area contributed by atoms with E-state index in [-0.39, 0.29) is 17.9 Å². The number of methoxy groups -OCH3 is 1. The molecule has 1 aromatic rings. The number of hydrogen-bond donors (Lipinski definition) is 0. The Morgan fingerprint density at radius 3 is 2.54 bits per heavy atom. The van der Waals surface area contributed by atoms with Gasteiger partial charge in [-0.05, 0) is 31.0 Å². The van der Waals surface area contributed by atoms with Gasteiger partial charge in [-0.25, -0.2) is 4.79 Å². The lowest BCUT2D eigenvalue weighted by atomic mass is 10.0. The topological polar surface area (TPSA) is 59.1 Å². The first-order valence-electron chi connectivity index (χ1n) is 8.43. The first-order chi connectivity index (χ1) is 11.6. The predicted octanol–water partition coefficient (Wildman–Crippen LogP) is 1.75. The Morgan fingerprint density at radius 1 is 1.25 bits per heavy atom. The van der Waals surface area contributed by atoms with Gasteiger partial charge in [0, 0.05) is 25.2 Å². The molecule has 0 aliphatic carbocycles. The molecule has 6 nitrogen and oxygen atoms in total. The summed E-state index contributed by atoms with van der Waals surface area (Å²) < 4.78 is 10.2. The molecule has 0 bridgehead atoms. The van der Waals surface area contributed by atoms with Gasteiger partial charge in [0.05, 0.1) is 26.4 Å². The molecule has 0 aromatic heterocycles. The molecule has 1 amide bonds. The van der Waals surface area contributed by atoms with Crippen molar-refractivity contribution in [2.45, 2.75) is 31.8 Å². The molecule has 24 heavy (non-hydrogen) atoms.